The van der Waals surface area contributed by atoms with Gasteiger partial charge in [0.15, 0.2) is 0 Å². The first-order valence-electron chi connectivity index (χ1n) is 4.75. The quantitative estimate of drug-likeness (QED) is 0.702. The van der Waals surface area contributed by atoms with E-state index in [0.29, 0.717) is 11.8 Å². The highest BCUT2D eigenvalue weighted by Crippen LogP contribution is 2.39. The zero-order valence-corrected chi connectivity index (χ0v) is 8.72. The Bertz CT molecular complexity index is 370. The van der Waals surface area contributed by atoms with Crippen molar-refractivity contribution in [2.75, 3.05) is 13.7 Å². The number of hydrogen-bond donors (Lipinski definition) is 2. The standard InChI is InChI=1S/C11H15NO2/c1-6-4-9(14-3)7(2)10(11(6)13)8-5-12-8/h4,8,12-13H,5H2,1-3H3/t8-/m1/s1. The Hall–Kier alpha value is -1.22. The van der Waals surface area contributed by atoms with Gasteiger partial charge in [0.05, 0.1) is 7.11 Å². The van der Waals surface area contributed by atoms with Crippen molar-refractivity contribution in [3.8, 4) is 11.5 Å². The zero-order chi connectivity index (χ0) is 10.3. The highest BCUT2D eigenvalue weighted by molar-refractivity contribution is 5.54. The van der Waals surface area contributed by atoms with Gasteiger partial charge in [0.25, 0.3) is 0 Å². The monoisotopic (exact) mass is 193 g/mol. The SMILES string of the molecule is COc1cc(C)c(O)c([C@H]2CN2)c1C. The van der Waals surface area contributed by atoms with E-state index in [4.69, 9.17) is 4.74 Å². The molecule has 1 aliphatic heterocycles. The molecule has 0 aliphatic carbocycles. The van der Waals surface area contributed by atoms with Gasteiger partial charge in [0.2, 0.25) is 0 Å². The Morgan fingerprint density at radius 2 is 2.14 bits per heavy atom. The molecule has 1 saturated heterocycles. The molecular weight excluding hydrogens is 178 g/mol. The van der Waals surface area contributed by atoms with Gasteiger partial charge < -0.3 is 15.2 Å². The molecule has 1 aliphatic rings. The fraction of sp³-hybridized carbons (Fsp3) is 0.455. The first-order chi connectivity index (χ1) is 6.65. The van der Waals surface area contributed by atoms with Crippen molar-refractivity contribution in [2.45, 2.75) is 19.9 Å². The minimum Gasteiger partial charge on any atom is -0.507 e. The normalized spacial score (nSPS) is 19.5. The molecule has 14 heavy (non-hydrogen) atoms. The topological polar surface area (TPSA) is 51.4 Å². The van der Waals surface area contributed by atoms with Crippen LogP contribution in [0.15, 0.2) is 6.07 Å². The molecule has 0 amide bonds. The van der Waals surface area contributed by atoms with Crippen molar-refractivity contribution in [1.82, 2.24) is 5.32 Å². The van der Waals surface area contributed by atoms with Crippen molar-refractivity contribution < 1.29 is 9.84 Å². The lowest BCUT2D eigenvalue weighted by Gasteiger charge is -2.13. The van der Waals surface area contributed by atoms with E-state index in [1.807, 2.05) is 19.9 Å². The molecule has 0 aromatic heterocycles. The largest absolute Gasteiger partial charge is 0.507 e. The second-order valence-corrected chi connectivity index (χ2v) is 3.74. The molecule has 1 aromatic carbocycles. The first kappa shape index (κ1) is 9.34. The maximum atomic E-state index is 9.91. The van der Waals surface area contributed by atoms with E-state index in [1.165, 1.54) is 0 Å². The zero-order valence-electron chi connectivity index (χ0n) is 8.72. The molecule has 1 fully saturated rings. The van der Waals surface area contributed by atoms with Crippen molar-refractivity contribution >= 4 is 0 Å². The molecule has 3 nitrogen and oxygen atoms in total. The van der Waals surface area contributed by atoms with E-state index in [9.17, 15) is 5.11 Å². The number of aryl methyl sites for hydroxylation is 1. The summed E-state index contributed by atoms with van der Waals surface area (Å²) in [4.78, 5) is 0. The van der Waals surface area contributed by atoms with Crippen LogP contribution < -0.4 is 10.1 Å². The Kier molecular flexibility index (Phi) is 2.11. The van der Waals surface area contributed by atoms with Crippen molar-refractivity contribution in [3.63, 3.8) is 0 Å². The highest BCUT2D eigenvalue weighted by Gasteiger charge is 2.29. The molecule has 2 N–H and O–H groups in total. The first-order valence-corrected chi connectivity index (χ1v) is 4.75. The second kappa shape index (κ2) is 3.17. The minimum atomic E-state index is 0.309. The van der Waals surface area contributed by atoms with Crippen LogP contribution in [0.25, 0.3) is 0 Å². The third-order valence-corrected chi connectivity index (χ3v) is 2.73. The van der Waals surface area contributed by atoms with Gasteiger partial charge in [-0.2, -0.15) is 0 Å². The van der Waals surface area contributed by atoms with Gasteiger partial charge >= 0.3 is 0 Å². The summed E-state index contributed by atoms with van der Waals surface area (Å²) in [5.74, 6) is 1.25. The van der Waals surface area contributed by atoms with Crippen molar-refractivity contribution in [2.24, 2.45) is 0 Å². The van der Waals surface area contributed by atoms with Gasteiger partial charge in [-0.05, 0) is 31.0 Å². The molecule has 3 heteroatoms. The molecule has 1 atom stereocenters. The van der Waals surface area contributed by atoms with E-state index >= 15 is 0 Å². The number of phenolic OH excluding ortho intramolecular Hbond substituents is 1. The smallest absolute Gasteiger partial charge is 0.123 e. The second-order valence-electron chi connectivity index (χ2n) is 3.74. The summed E-state index contributed by atoms with van der Waals surface area (Å²) in [6.45, 7) is 4.82. The molecule has 2 rings (SSSR count). The molecule has 1 aromatic rings. The molecule has 0 bridgehead atoms. The molecule has 76 valence electrons. The number of ether oxygens (including phenoxy) is 1. The van der Waals surface area contributed by atoms with Crippen molar-refractivity contribution in [3.05, 3.63) is 22.8 Å². The lowest BCUT2D eigenvalue weighted by atomic mass is 10.00. The predicted molar refractivity (Wildman–Crippen MR) is 54.9 cm³/mol. The Morgan fingerprint density at radius 1 is 1.50 bits per heavy atom. The molecule has 0 unspecified atom stereocenters. The summed E-state index contributed by atoms with van der Waals surface area (Å²) in [5, 5.41) is 13.1. The van der Waals surface area contributed by atoms with Crippen LogP contribution in [0.1, 0.15) is 22.7 Å². The van der Waals surface area contributed by atoms with Crippen LogP contribution in [0.5, 0.6) is 11.5 Å². The summed E-state index contributed by atoms with van der Waals surface area (Å²) in [5.41, 5.74) is 2.89. The Morgan fingerprint density at radius 3 is 2.64 bits per heavy atom. The maximum absolute atomic E-state index is 9.91. The number of phenols is 1. The van der Waals surface area contributed by atoms with Crippen LogP contribution in [-0.2, 0) is 0 Å². The molecule has 1 heterocycles. The van der Waals surface area contributed by atoms with E-state index in [-0.39, 0.29) is 0 Å². The lowest BCUT2D eigenvalue weighted by molar-refractivity contribution is 0.406. The van der Waals surface area contributed by atoms with Crippen molar-refractivity contribution in [1.29, 1.82) is 0 Å². The molecular formula is C11H15NO2. The molecule has 0 spiro atoms. The molecule has 0 radical (unpaired) electrons. The number of methoxy groups -OCH3 is 1. The van der Waals surface area contributed by atoms with Crippen LogP contribution in [0.2, 0.25) is 0 Å². The van der Waals surface area contributed by atoms with Gasteiger partial charge in [0, 0.05) is 18.2 Å². The fourth-order valence-electron chi connectivity index (χ4n) is 1.80. The van der Waals surface area contributed by atoms with Gasteiger partial charge in [-0.3, -0.25) is 0 Å². The van der Waals surface area contributed by atoms with E-state index in [2.05, 4.69) is 5.32 Å². The highest BCUT2D eigenvalue weighted by atomic mass is 16.5. The van der Waals surface area contributed by atoms with Crippen LogP contribution in [0, 0.1) is 13.8 Å². The van der Waals surface area contributed by atoms with Crippen LogP contribution in [-0.4, -0.2) is 18.8 Å². The fourth-order valence-corrected chi connectivity index (χ4v) is 1.80. The average Bonchev–Trinajstić information content (AvgIpc) is 2.95. The van der Waals surface area contributed by atoms with Gasteiger partial charge in [0.1, 0.15) is 11.5 Å². The van der Waals surface area contributed by atoms with Gasteiger partial charge in [-0.15, -0.1) is 0 Å². The number of nitrogens with one attached hydrogen (secondary N) is 1. The van der Waals surface area contributed by atoms with E-state index in [0.717, 1.165) is 29.0 Å². The summed E-state index contributed by atoms with van der Waals surface area (Å²) in [6, 6.07) is 2.18. The molecule has 0 saturated carbocycles. The maximum Gasteiger partial charge on any atom is 0.123 e. The third-order valence-electron chi connectivity index (χ3n) is 2.73. The van der Waals surface area contributed by atoms with Gasteiger partial charge in [-0.25, -0.2) is 0 Å². The van der Waals surface area contributed by atoms with Crippen LogP contribution >= 0.6 is 0 Å². The number of aromatic hydroxyl groups is 1. The predicted octanol–water partition coefficient (Wildman–Crippen LogP) is 1.66. The Labute approximate surface area is 83.7 Å². The summed E-state index contributed by atoms with van der Waals surface area (Å²) in [6.07, 6.45) is 0. The number of benzene rings is 1. The van der Waals surface area contributed by atoms with Crippen LogP contribution in [0.3, 0.4) is 0 Å². The lowest BCUT2D eigenvalue weighted by Crippen LogP contribution is -1.97. The Balaban J connectivity index is 2.59. The average molecular weight is 193 g/mol. The van der Waals surface area contributed by atoms with E-state index < -0.39 is 0 Å². The van der Waals surface area contributed by atoms with Gasteiger partial charge in [-0.1, -0.05) is 0 Å². The summed E-state index contributed by atoms with van der Waals surface area (Å²) < 4.78 is 5.26. The summed E-state index contributed by atoms with van der Waals surface area (Å²) in [7, 11) is 1.66. The number of rotatable bonds is 2. The third kappa shape index (κ3) is 1.34. The van der Waals surface area contributed by atoms with Crippen LogP contribution in [0.4, 0.5) is 0 Å². The summed E-state index contributed by atoms with van der Waals surface area (Å²) >= 11 is 0. The number of hydrogen-bond acceptors (Lipinski definition) is 3. The minimum absolute atomic E-state index is 0.309. The van der Waals surface area contributed by atoms with E-state index in [1.54, 1.807) is 7.11 Å².